The van der Waals surface area contributed by atoms with Crippen LogP contribution in [0, 0.1) is 22.7 Å². The highest BCUT2D eigenvalue weighted by Crippen LogP contribution is 2.72. The van der Waals surface area contributed by atoms with E-state index in [0.29, 0.717) is 18.3 Å². The van der Waals surface area contributed by atoms with Gasteiger partial charge in [-0.1, -0.05) is 20.8 Å². The second-order valence-electron chi connectivity index (χ2n) is 5.32. The fraction of sp³-hybridized carbons (Fsp3) is 0.909. The molecule has 2 heteroatoms. The summed E-state index contributed by atoms with van der Waals surface area (Å²) in [6.45, 7) is 6.34. The first kappa shape index (κ1) is 9.20. The first-order chi connectivity index (χ1) is 5.97. The lowest BCUT2D eigenvalue weighted by Crippen LogP contribution is -2.29. The van der Waals surface area contributed by atoms with Crippen molar-refractivity contribution in [2.24, 2.45) is 22.7 Å². The highest BCUT2D eigenvalue weighted by atomic mass is 16.3. The third-order valence-corrected chi connectivity index (χ3v) is 4.49. The number of hydrogen-bond donors (Lipinski definition) is 1. The van der Waals surface area contributed by atoms with E-state index in [9.17, 15) is 9.90 Å². The molecule has 0 radical (unpaired) electrons. The zero-order valence-corrected chi connectivity index (χ0v) is 8.63. The molecule has 0 heterocycles. The number of Topliss-reactive ketones (excluding diaryl/α,β-unsaturated/α-hetero) is 1. The van der Waals surface area contributed by atoms with Gasteiger partial charge in [-0.15, -0.1) is 0 Å². The second kappa shape index (κ2) is 2.35. The van der Waals surface area contributed by atoms with Gasteiger partial charge in [0, 0.05) is 6.42 Å². The van der Waals surface area contributed by atoms with Crippen LogP contribution < -0.4 is 0 Å². The number of ketones is 1. The molecular weight excluding hydrogens is 164 g/mol. The SMILES string of the molecule is CC(C)[C@]12CC(=O)[C@](C)(CO)C1C2. The molecule has 0 spiro atoms. The highest BCUT2D eigenvalue weighted by molar-refractivity contribution is 5.90. The maximum atomic E-state index is 11.7. The summed E-state index contributed by atoms with van der Waals surface area (Å²) in [5.74, 6) is 1.31. The molecule has 2 aliphatic carbocycles. The standard InChI is InChI=1S/C11H18O2/c1-7(2)11-4-8(11)10(3,6-12)9(13)5-11/h7-8,12H,4-6H2,1-3H3/t8?,10-,11+/m1/s1. The van der Waals surface area contributed by atoms with Crippen LogP contribution in [0.15, 0.2) is 0 Å². The molecule has 0 aliphatic heterocycles. The Balaban J connectivity index is 2.27. The van der Waals surface area contributed by atoms with E-state index >= 15 is 0 Å². The number of carbonyl (C=O) groups is 1. The summed E-state index contributed by atoms with van der Waals surface area (Å²) < 4.78 is 0. The van der Waals surface area contributed by atoms with Crippen molar-refractivity contribution < 1.29 is 9.90 Å². The Kier molecular flexibility index (Phi) is 1.66. The number of aliphatic hydroxyl groups is 1. The molecule has 0 amide bonds. The smallest absolute Gasteiger partial charge is 0.141 e. The molecule has 2 aliphatic rings. The Bertz CT molecular complexity index is 259. The molecule has 0 aromatic carbocycles. The number of aliphatic hydroxyl groups excluding tert-OH is 1. The molecule has 0 aromatic heterocycles. The van der Waals surface area contributed by atoms with E-state index in [4.69, 9.17) is 0 Å². The van der Waals surface area contributed by atoms with Crippen molar-refractivity contribution in [1.82, 2.24) is 0 Å². The van der Waals surface area contributed by atoms with Crippen molar-refractivity contribution >= 4 is 5.78 Å². The molecule has 2 nitrogen and oxygen atoms in total. The summed E-state index contributed by atoms with van der Waals surface area (Å²) in [7, 11) is 0. The number of carbonyl (C=O) groups excluding carboxylic acids is 1. The maximum absolute atomic E-state index is 11.7. The van der Waals surface area contributed by atoms with Gasteiger partial charge in [-0.05, 0) is 23.7 Å². The zero-order valence-electron chi connectivity index (χ0n) is 8.63. The van der Waals surface area contributed by atoms with Crippen LogP contribution in [0.4, 0.5) is 0 Å². The van der Waals surface area contributed by atoms with E-state index in [-0.39, 0.29) is 17.8 Å². The molecule has 1 N–H and O–H groups in total. The van der Waals surface area contributed by atoms with Gasteiger partial charge in [0.15, 0.2) is 0 Å². The van der Waals surface area contributed by atoms with Gasteiger partial charge in [0.05, 0.1) is 12.0 Å². The summed E-state index contributed by atoms with van der Waals surface area (Å²) >= 11 is 0. The van der Waals surface area contributed by atoms with Gasteiger partial charge < -0.3 is 5.11 Å². The Morgan fingerprint density at radius 2 is 2.23 bits per heavy atom. The van der Waals surface area contributed by atoms with Gasteiger partial charge in [-0.25, -0.2) is 0 Å². The van der Waals surface area contributed by atoms with Crippen LogP contribution >= 0.6 is 0 Å². The number of hydrogen-bond acceptors (Lipinski definition) is 2. The Hall–Kier alpha value is -0.370. The molecule has 2 saturated carbocycles. The minimum absolute atomic E-state index is 0.0327. The van der Waals surface area contributed by atoms with Crippen LogP contribution in [0.25, 0.3) is 0 Å². The zero-order chi connectivity index (χ0) is 9.85. The number of rotatable bonds is 2. The van der Waals surface area contributed by atoms with Gasteiger partial charge in [-0.3, -0.25) is 4.79 Å². The van der Waals surface area contributed by atoms with E-state index in [1.807, 2.05) is 6.92 Å². The van der Waals surface area contributed by atoms with E-state index in [2.05, 4.69) is 13.8 Å². The largest absolute Gasteiger partial charge is 0.395 e. The summed E-state index contributed by atoms with van der Waals surface area (Å²) in [5.41, 5.74) is -0.154. The molecule has 13 heavy (non-hydrogen) atoms. The summed E-state index contributed by atoms with van der Waals surface area (Å²) in [5, 5.41) is 9.27. The van der Waals surface area contributed by atoms with Crippen LogP contribution in [0.3, 0.4) is 0 Å². The van der Waals surface area contributed by atoms with E-state index in [0.717, 1.165) is 6.42 Å². The van der Waals surface area contributed by atoms with Crippen molar-refractivity contribution in [3.05, 3.63) is 0 Å². The second-order valence-corrected chi connectivity index (χ2v) is 5.32. The Morgan fingerprint density at radius 1 is 1.62 bits per heavy atom. The molecule has 3 atom stereocenters. The summed E-state index contributed by atoms with van der Waals surface area (Å²) in [6, 6.07) is 0. The molecular formula is C11H18O2. The molecule has 0 bridgehead atoms. The highest BCUT2D eigenvalue weighted by Gasteiger charge is 2.71. The maximum Gasteiger partial charge on any atom is 0.141 e. The first-order valence-corrected chi connectivity index (χ1v) is 5.11. The third kappa shape index (κ3) is 0.899. The van der Waals surface area contributed by atoms with Crippen LogP contribution in [0.5, 0.6) is 0 Å². The molecule has 2 rings (SSSR count). The van der Waals surface area contributed by atoms with Crippen molar-refractivity contribution in [2.75, 3.05) is 6.61 Å². The minimum atomic E-state index is -0.412. The molecule has 0 aromatic rings. The van der Waals surface area contributed by atoms with E-state index < -0.39 is 5.41 Å². The predicted octanol–water partition coefficient (Wildman–Crippen LogP) is 1.62. The van der Waals surface area contributed by atoms with Crippen LogP contribution in [-0.2, 0) is 4.79 Å². The van der Waals surface area contributed by atoms with Gasteiger partial charge >= 0.3 is 0 Å². The summed E-state index contributed by atoms with van der Waals surface area (Å²) in [6.07, 6.45) is 1.85. The van der Waals surface area contributed by atoms with Crippen LogP contribution in [0.1, 0.15) is 33.6 Å². The van der Waals surface area contributed by atoms with Crippen molar-refractivity contribution in [1.29, 1.82) is 0 Å². The Morgan fingerprint density at radius 3 is 2.54 bits per heavy atom. The molecule has 0 saturated heterocycles. The average molecular weight is 182 g/mol. The van der Waals surface area contributed by atoms with Gasteiger partial charge in [0.1, 0.15) is 5.78 Å². The van der Waals surface area contributed by atoms with Crippen molar-refractivity contribution in [3.63, 3.8) is 0 Å². The van der Waals surface area contributed by atoms with Crippen LogP contribution in [0.2, 0.25) is 0 Å². The number of fused-ring (bicyclic) bond motifs is 1. The fourth-order valence-electron chi connectivity index (χ4n) is 3.11. The fourth-order valence-corrected chi connectivity index (χ4v) is 3.11. The molecule has 1 unspecified atom stereocenters. The van der Waals surface area contributed by atoms with Crippen LogP contribution in [-0.4, -0.2) is 17.5 Å². The van der Waals surface area contributed by atoms with E-state index in [1.54, 1.807) is 0 Å². The minimum Gasteiger partial charge on any atom is -0.395 e. The van der Waals surface area contributed by atoms with Gasteiger partial charge in [0.25, 0.3) is 0 Å². The van der Waals surface area contributed by atoms with E-state index in [1.165, 1.54) is 0 Å². The van der Waals surface area contributed by atoms with Crippen molar-refractivity contribution in [2.45, 2.75) is 33.6 Å². The monoisotopic (exact) mass is 182 g/mol. The topological polar surface area (TPSA) is 37.3 Å². The van der Waals surface area contributed by atoms with Gasteiger partial charge in [0.2, 0.25) is 0 Å². The lowest BCUT2D eigenvalue weighted by molar-refractivity contribution is -0.128. The quantitative estimate of drug-likeness (QED) is 0.704. The summed E-state index contributed by atoms with van der Waals surface area (Å²) in [4.78, 5) is 11.7. The lowest BCUT2D eigenvalue weighted by atomic mass is 9.84. The lowest BCUT2D eigenvalue weighted by Gasteiger charge is -2.20. The normalized spacial score (nSPS) is 48.4. The first-order valence-electron chi connectivity index (χ1n) is 5.11. The molecule has 74 valence electrons. The predicted molar refractivity (Wildman–Crippen MR) is 50.2 cm³/mol. The molecule has 2 fully saturated rings. The third-order valence-electron chi connectivity index (χ3n) is 4.49. The van der Waals surface area contributed by atoms with Crippen molar-refractivity contribution in [3.8, 4) is 0 Å². The van der Waals surface area contributed by atoms with Gasteiger partial charge in [-0.2, -0.15) is 0 Å². The Labute approximate surface area is 79.3 Å². The average Bonchev–Trinajstić information content (AvgIpc) is 2.75.